The molecule has 0 saturated carbocycles. The van der Waals surface area contributed by atoms with Crippen LogP contribution in [-0.2, 0) is 9.84 Å². The summed E-state index contributed by atoms with van der Waals surface area (Å²) in [4.78, 5) is 0.250. The lowest BCUT2D eigenvalue weighted by molar-refractivity contribution is 0.571. The minimum Gasteiger partial charge on any atom is -0.398 e. The third kappa shape index (κ3) is 2.50. The van der Waals surface area contributed by atoms with Gasteiger partial charge < -0.3 is 5.73 Å². The zero-order chi connectivity index (χ0) is 12.3. The predicted octanol–water partition coefficient (Wildman–Crippen LogP) is 2.88. The second-order valence-electron chi connectivity index (χ2n) is 3.67. The molecule has 0 fully saturated rings. The van der Waals surface area contributed by atoms with E-state index in [0.717, 1.165) is 0 Å². The standard InChI is InChI=1S/C11H16ClNO2S/c1-3-8(4-2)16(14,15)9-5-6-11(13)10(12)7-9/h5-8H,3-4,13H2,1-2H3. The van der Waals surface area contributed by atoms with E-state index < -0.39 is 9.84 Å². The van der Waals surface area contributed by atoms with Gasteiger partial charge in [0.25, 0.3) is 0 Å². The molecule has 2 N–H and O–H groups in total. The predicted molar refractivity (Wildman–Crippen MR) is 67.4 cm³/mol. The summed E-state index contributed by atoms with van der Waals surface area (Å²) in [7, 11) is -3.28. The van der Waals surface area contributed by atoms with E-state index in [1.807, 2.05) is 13.8 Å². The molecule has 0 aliphatic heterocycles. The molecule has 1 aromatic carbocycles. The number of halogens is 1. The maximum Gasteiger partial charge on any atom is 0.181 e. The van der Waals surface area contributed by atoms with Crippen LogP contribution in [0.5, 0.6) is 0 Å². The molecule has 3 nitrogen and oxygen atoms in total. The van der Waals surface area contributed by atoms with Gasteiger partial charge in [0.2, 0.25) is 0 Å². The van der Waals surface area contributed by atoms with Gasteiger partial charge in [0, 0.05) is 0 Å². The molecule has 0 aliphatic rings. The summed E-state index contributed by atoms with van der Waals surface area (Å²) in [5.74, 6) is 0. The van der Waals surface area contributed by atoms with E-state index in [2.05, 4.69) is 0 Å². The SMILES string of the molecule is CCC(CC)S(=O)(=O)c1ccc(N)c(Cl)c1. The maximum atomic E-state index is 12.2. The van der Waals surface area contributed by atoms with Crippen molar-refractivity contribution in [3.63, 3.8) is 0 Å². The van der Waals surface area contributed by atoms with Gasteiger partial charge in [-0.2, -0.15) is 0 Å². The summed E-state index contributed by atoms with van der Waals surface area (Å²) in [6.07, 6.45) is 1.20. The van der Waals surface area contributed by atoms with Gasteiger partial charge in [-0.05, 0) is 31.0 Å². The summed E-state index contributed by atoms with van der Waals surface area (Å²) >= 11 is 5.82. The van der Waals surface area contributed by atoms with Crippen LogP contribution < -0.4 is 5.73 Å². The second-order valence-corrected chi connectivity index (χ2v) is 6.30. The van der Waals surface area contributed by atoms with E-state index in [-0.39, 0.29) is 15.2 Å². The van der Waals surface area contributed by atoms with Crippen molar-refractivity contribution in [2.75, 3.05) is 5.73 Å². The van der Waals surface area contributed by atoms with Crippen molar-refractivity contribution in [2.45, 2.75) is 36.8 Å². The first kappa shape index (κ1) is 13.3. The van der Waals surface area contributed by atoms with Crippen molar-refractivity contribution in [3.8, 4) is 0 Å². The second kappa shape index (κ2) is 5.06. The zero-order valence-corrected chi connectivity index (χ0v) is 11.0. The number of rotatable bonds is 4. The molecule has 1 rings (SSSR count). The Balaban J connectivity index is 3.22. The van der Waals surface area contributed by atoms with Gasteiger partial charge in [0.15, 0.2) is 9.84 Å². The van der Waals surface area contributed by atoms with Crippen molar-refractivity contribution in [3.05, 3.63) is 23.2 Å². The monoisotopic (exact) mass is 261 g/mol. The van der Waals surface area contributed by atoms with Crippen molar-refractivity contribution in [1.82, 2.24) is 0 Å². The van der Waals surface area contributed by atoms with E-state index in [4.69, 9.17) is 17.3 Å². The molecule has 0 bridgehead atoms. The smallest absolute Gasteiger partial charge is 0.181 e. The van der Waals surface area contributed by atoms with E-state index in [1.54, 1.807) is 0 Å². The highest BCUT2D eigenvalue weighted by Gasteiger charge is 2.24. The number of nitrogen functional groups attached to an aromatic ring is 1. The number of benzene rings is 1. The summed E-state index contributed by atoms with van der Waals surface area (Å²) < 4.78 is 24.3. The Hall–Kier alpha value is -0.740. The lowest BCUT2D eigenvalue weighted by Gasteiger charge is -2.14. The van der Waals surface area contributed by atoms with Crippen LogP contribution in [0.1, 0.15) is 26.7 Å². The highest BCUT2D eigenvalue weighted by atomic mass is 35.5. The topological polar surface area (TPSA) is 60.2 Å². The van der Waals surface area contributed by atoms with Crippen LogP contribution in [0.2, 0.25) is 5.02 Å². The Kier molecular flexibility index (Phi) is 4.21. The van der Waals surface area contributed by atoms with Gasteiger partial charge in [-0.1, -0.05) is 25.4 Å². The third-order valence-electron chi connectivity index (χ3n) is 2.65. The van der Waals surface area contributed by atoms with Gasteiger partial charge in [-0.3, -0.25) is 0 Å². The molecule has 0 atom stereocenters. The average molecular weight is 262 g/mol. The lowest BCUT2D eigenvalue weighted by atomic mass is 10.3. The number of sulfone groups is 1. The fourth-order valence-electron chi connectivity index (χ4n) is 1.60. The Labute approximate surface area is 102 Å². The van der Waals surface area contributed by atoms with E-state index in [1.165, 1.54) is 18.2 Å². The first-order chi connectivity index (χ1) is 7.43. The fraction of sp³-hybridized carbons (Fsp3) is 0.455. The van der Waals surface area contributed by atoms with Crippen LogP contribution in [0.3, 0.4) is 0 Å². The summed E-state index contributed by atoms with van der Waals surface area (Å²) in [5.41, 5.74) is 5.94. The molecule has 0 aliphatic carbocycles. The summed E-state index contributed by atoms with van der Waals surface area (Å²) in [6.45, 7) is 3.73. The van der Waals surface area contributed by atoms with Gasteiger partial charge in [-0.25, -0.2) is 8.42 Å². The van der Waals surface area contributed by atoms with Crippen LogP contribution in [0.4, 0.5) is 5.69 Å². The van der Waals surface area contributed by atoms with E-state index in [9.17, 15) is 8.42 Å². The molecule has 0 heterocycles. The average Bonchev–Trinajstić information content (AvgIpc) is 2.23. The first-order valence-corrected chi connectivity index (χ1v) is 7.14. The van der Waals surface area contributed by atoms with Gasteiger partial charge >= 0.3 is 0 Å². The van der Waals surface area contributed by atoms with E-state index in [0.29, 0.717) is 18.5 Å². The van der Waals surface area contributed by atoms with Crippen molar-refractivity contribution in [2.24, 2.45) is 0 Å². The van der Waals surface area contributed by atoms with Crippen LogP contribution >= 0.6 is 11.6 Å². The zero-order valence-electron chi connectivity index (χ0n) is 9.40. The minimum atomic E-state index is -3.28. The Morgan fingerprint density at radius 3 is 2.31 bits per heavy atom. The van der Waals surface area contributed by atoms with Gasteiger partial charge in [0.05, 0.1) is 20.9 Å². The quantitative estimate of drug-likeness (QED) is 0.848. The molecule has 0 amide bonds. The molecule has 0 radical (unpaired) electrons. The Morgan fingerprint density at radius 1 is 1.31 bits per heavy atom. The molecule has 5 heteroatoms. The molecule has 16 heavy (non-hydrogen) atoms. The Bertz CT molecular complexity index is 467. The molecule has 0 aromatic heterocycles. The molecule has 1 aromatic rings. The van der Waals surface area contributed by atoms with Crippen molar-refractivity contribution >= 4 is 27.1 Å². The largest absolute Gasteiger partial charge is 0.398 e. The van der Waals surface area contributed by atoms with Crippen molar-refractivity contribution < 1.29 is 8.42 Å². The van der Waals surface area contributed by atoms with Crippen LogP contribution in [0.15, 0.2) is 23.1 Å². The number of nitrogens with two attached hydrogens (primary N) is 1. The molecule has 0 saturated heterocycles. The highest BCUT2D eigenvalue weighted by Crippen LogP contribution is 2.26. The molecule has 0 spiro atoms. The van der Waals surface area contributed by atoms with Crippen LogP contribution in [0, 0.1) is 0 Å². The highest BCUT2D eigenvalue weighted by molar-refractivity contribution is 7.92. The van der Waals surface area contributed by atoms with Crippen LogP contribution in [0.25, 0.3) is 0 Å². The number of anilines is 1. The first-order valence-electron chi connectivity index (χ1n) is 5.22. The number of hydrogen-bond acceptors (Lipinski definition) is 3. The summed E-state index contributed by atoms with van der Waals surface area (Å²) in [5, 5.41) is -0.0702. The third-order valence-corrected chi connectivity index (χ3v) is 5.43. The lowest BCUT2D eigenvalue weighted by Crippen LogP contribution is -2.19. The molecular weight excluding hydrogens is 246 g/mol. The van der Waals surface area contributed by atoms with E-state index >= 15 is 0 Å². The number of hydrogen-bond donors (Lipinski definition) is 1. The normalized spacial score (nSPS) is 12.0. The molecule has 0 unspecified atom stereocenters. The van der Waals surface area contributed by atoms with Crippen molar-refractivity contribution in [1.29, 1.82) is 0 Å². The molecule has 90 valence electrons. The van der Waals surface area contributed by atoms with Crippen LogP contribution in [-0.4, -0.2) is 13.7 Å². The van der Waals surface area contributed by atoms with Gasteiger partial charge in [0.1, 0.15) is 0 Å². The fourth-order valence-corrected chi connectivity index (χ4v) is 3.65. The minimum absolute atomic E-state index is 0.250. The molecular formula is C11H16ClNO2S. The summed E-state index contributed by atoms with van der Waals surface area (Å²) in [6, 6.07) is 4.46. The Morgan fingerprint density at radius 2 is 1.88 bits per heavy atom. The van der Waals surface area contributed by atoms with Gasteiger partial charge in [-0.15, -0.1) is 0 Å². The maximum absolute atomic E-state index is 12.2.